The number of ether oxygens (including phenoxy) is 1. The molecular weight excluding hydrogens is 196 g/mol. The fourth-order valence-corrected chi connectivity index (χ4v) is 1.22. The molecule has 1 rings (SSSR count). The molecule has 0 fully saturated rings. The van der Waals surface area contributed by atoms with Gasteiger partial charge in [0.25, 0.3) is 5.91 Å². The van der Waals surface area contributed by atoms with Crippen molar-refractivity contribution in [2.45, 2.75) is 19.9 Å². The Bertz CT molecular complexity index is 335. The predicted molar refractivity (Wildman–Crippen MR) is 56.3 cm³/mol. The highest BCUT2D eigenvalue weighted by Crippen LogP contribution is 2.08. The molecule has 1 amide bonds. The van der Waals surface area contributed by atoms with Crippen LogP contribution in [0.5, 0.6) is 0 Å². The highest BCUT2D eigenvalue weighted by atomic mass is 16.5. The third kappa shape index (κ3) is 3.25. The summed E-state index contributed by atoms with van der Waals surface area (Å²) in [5.74, 6) is -0.601. The number of primary amides is 1. The number of amides is 1. The number of hydrogen-bond acceptors (Lipinski definition) is 4. The molecule has 4 N–H and O–H groups in total. The molecule has 0 atom stereocenters. The van der Waals surface area contributed by atoms with E-state index in [0.717, 1.165) is 6.42 Å². The molecule has 0 saturated carbocycles. The number of nitrogens with zero attached hydrogens (tertiary/aromatic N) is 2. The summed E-state index contributed by atoms with van der Waals surface area (Å²) in [5.41, 5.74) is 11.1. The maximum Gasteiger partial charge on any atom is 0.271 e. The van der Waals surface area contributed by atoms with Crippen molar-refractivity contribution in [1.82, 2.24) is 9.78 Å². The van der Waals surface area contributed by atoms with Gasteiger partial charge in [-0.15, -0.1) is 0 Å². The summed E-state index contributed by atoms with van der Waals surface area (Å²) in [4.78, 5) is 10.9. The lowest BCUT2D eigenvalue weighted by molar-refractivity contribution is 0.0995. The number of nitrogens with two attached hydrogens (primary N) is 2. The number of nitrogen functional groups attached to an aromatic ring is 1. The van der Waals surface area contributed by atoms with E-state index in [0.29, 0.717) is 25.4 Å². The van der Waals surface area contributed by atoms with E-state index in [-0.39, 0.29) is 5.69 Å². The molecule has 0 unspecified atom stereocenters. The second kappa shape index (κ2) is 5.35. The van der Waals surface area contributed by atoms with Gasteiger partial charge in [-0.2, -0.15) is 5.10 Å². The third-order valence-electron chi connectivity index (χ3n) is 1.90. The molecule has 6 heteroatoms. The summed E-state index contributed by atoms with van der Waals surface area (Å²) in [6, 6.07) is 0. The normalized spacial score (nSPS) is 10.5. The Morgan fingerprint density at radius 2 is 2.40 bits per heavy atom. The lowest BCUT2D eigenvalue weighted by Crippen LogP contribution is -2.14. The lowest BCUT2D eigenvalue weighted by atomic mass is 10.4. The number of rotatable bonds is 6. The van der Waals surface area contributed by atoms with Gasteiger partial charge in [0.1, 0.15) is 0 Å². The van der Waals surface area contributed by atoms with Crippen molar-refractivity contribution in [2.24, 2.45) is 5.73 Å². The molecule has 0 aliphatic rings. The molecule has 84 valence electrons. The van der Waals surface area contributed by atoms with Crippen LogP contribution in [0.1, 0.15) is 23.8 Å². The second-order valence-electron chi connectivity index (χ2n) is 3.11. The highest BCUT2D eigenvalue weighted by Gasteiger charge is 2.10. The topological polar surface area (TPSA) is 96.2 Å². The van der Waals surface area contributed by atoms with Crippen molar-refractivity contribution in [3.05, 3.63) is 11.9 Å². The molecule has 0 aromatic carbocycles. The Hall–Kier alpha value is -1.56. The molecule has 0 aliphatic heterocycles. The monoisotopic (exact) mass is 212 g/mol. The minimum absolute atomic E-state index is 0.131. The zero-order valence-electron chi connectivity index (χ0n) is 8.77. The van der Waals surface area contributed by atoms with Crippen LogP contribution in [-0.4, -0.2) is 28.9 Å². The van der Waals surface area contributed by atoms with Crippen molar-refractivity contribution in [1.29, 1.82) is 0 Å². The van der Waals surface area contributed by atoms with E-state index in [4.69, 9.17) is 16.2 Å². The average Bonchev–Trinajstić information content (AvgIpc) is 2.55. The highest BCUT2D eigenvalue weighted by molar-refractivity contribution is 5.95. The molecule has 0 aliphatic carbocycles. The Balaban J connectivity index is 2.48. The van der Waals surface area contributed by atoms with Crippen LogP contribution in [0, 0.1) is 0 Å². The van der Waals surface area contributed by atoms with Gasteiger partial charge in [-0.25, -0.2) is 0 Å². The molecular formula is C9H16N4O2. The molecule has 0 spiro atoms. The van der Waals surface area contributed by atoms with E-state index in [2.05, 4.69) is 5.10 Å². The van der Waals surface area contributed by atoms with Crippen LogP contribution in [0.25, 0.3) is 0 Å². The van der Waals surface area contributed by atoms with Gasteiger partial charge >= 0.3 is 0 Å². The van der Waals surface area contributed by atoms with Crippen LogP contribution < -0.4 is 11.5 Å². The van der Waals surface area contributed by atoms with Gasteiger partial charge in [0.05, 0.1) is 5.69 Å². The summed E-state index contributed by atoms with van der Waals surface area (Å²) >= 11 is 0. The predicted octanol–water partition coefficient (Wildman–Crippen LogP) is -0.00920. The fraction of sp³-hybridized carbons (Fsp3) is 0.556. The molecule has 0 radical (unpaired) electrons. The first-order valence-electron chi connectivity index (χ1n) is 4.85. The summed E-state index contributed by atoms with van der Waals surface area (Å²) in [6.07, 6.45) is 2.43. The van der Waals surface area contributed by atoms with Crippen molar-refractivity contribution < 1.29 is 9.53 Å². The van der Waals surface area contributed by atoms with Crippen LogP contribution in [0.2, 0.25) is 0 Å². The zero-order valence-corrected chi connectivity index (χ0v) is 8.77. The fourth-order valence-electron chi connectivity index (χ4n) is 1.22. The van der Waals surface area contributed by atoms with Crippen LogP contribution in [-0.2, 0) is 11.3 Å². The van der Waals surface area contributed by atoms with Gasteiger partial charge in [0.2, 0.25) is 0 Å². The molecule has 15 heavy (non-hydrogen) atoms. The van der Waals surface area contributed by atoms with Gasteiger partial charge < -0.3 is 16.2 Å². The van der Waals surface area contributed by atoms with E-state index < -0.39 is 5.91 Å². The van der Waals surface area contributed by atoms with E-state index in [1.54, 1.807) is 10.9 Å². The molecule has 1 aromatic rings. The van der Waals surface area contributed by atoms with Gasteiger partial charge in [0, 0.05) is 26.0 Å². The second-order valence-corrected chi connectivity index (χ2v) is 3.11. The Morgan fingerprint density at radius 1 is 1.67 bits per heavy atom. The van der Waals surface area contributed by atoms with E-state index in [1.165, 1.54) is 0 Å². The van der Waals surface area contributed by atoms with E-state index in [1.807, 2.05) is 6.92 Å². The zero-order chi connectivity index (χ0) is 11.3. The molecule has 6 nitrogen and oxygen atoms in total. The number of anilines is 1. The maximum absolute atomic E-state index is 10.9. The number of aromatic nitrogens is 2. The van der Waals surface area contributed by atoms with E-state index >= 15 is 0 Å². The van der Waals surface area contributed by atoms with Gasteiger partial charge in [0.15, 0.2) is 5.69 Å². The Kier molecular flexibility index (Phi) is 4.11. The van der Waals surface area contributed by atoms with Gasteiger partial charge in [-0.3, -0.25) is 9.48 Å². The van der Waals surface area contributed by atoms with Crippen LogP contribution in [0.15, 0.2) is 6.20 Å². The van der Waals surface area contributed by atoms with Crippen molar-refractivity contribution in [2.75, 3.05) is 18.9 Å². The first kappa shape index (κ1) is 11.5. The number of aryl methyl sites for hydroxylation is 1. The number of hydrogen-bond donors (Lipinski definition) is 2. The Morgan fingerprint density at radius 3 is 2.93 bits per heavy atom. The van der Waals surface area contributed by atoms with Crippen LogP contribution in [0.3, 0.4) is 0 Å². The van der Waals surface area contributed by atoms with Gasteiger partial charge in [-0.05, 0) is 13.3 Å². The minimum Gasteiger partial charge on any atom is -0.396 e. The quantitative estimate of drug-likeness (QED) is 0.648. The standard InChI is InChI=1S/C9H16N4O2/c1-2-15-5-3-4-13-6-7(10)8(12-13)9(11)14/h6H,2-5,10H2,1H3,(H2,11,14). The van der Waals surface area contributed by atoms with Crippen molar-refractivity contribution >= 4 is 11.6 Å². The maximum atomic E-state index is 10.9. The van der Waals surface area contributed by atoms with Gasteiger partial charge in [-0.1, -0.05) is 0 Å². The van der Waals surface area contributed by atoms with Crippen molar-refractivity contribution in [3.8, 4) is 0 Å². The van der Waals surface area contributed by atoms with E-state index in [9.17, 15) is 4.79 Å². The number of carbonyl (C=O) groups excluding carboxylic acids is 1. The smallest absolute Gasteiger partial charge is 0.271 e. The first-order valence-corrected chi connectivity index (χ1v) is 4.85. The average molecular weight is 212 g/mol. The molecule has 0 saturated heterocycles. The van der Waals surface area contributed by atoms with Crippen LogP contribution in [0.4, 0.5) is 5.69 Å². The minimum atomic E-state index is -0.601. The summed E-state index contributed by atoms with van der Waals surface area (Å²) < 4.78 is 6.78. The third-order valence-corrected chi connectivity index (χ3v) is 1.90. The molecule has 1 heterocycles. The van der Waals surface area contributed by atoms with Crippen LogP contribution >= 0.6 is 0 Å². The largest absolute Gasteiger partial charge is 0.396 e. The molecule has 1 aromatic heterocycles. The first-order chi connectivity index (χ1) is 7.15. The summed E-state index contributed by atoms with van der Waals surface area (Å²) in [5, 5.41) is 3.97. The number of carbonyl (C=O) groups is 1. The van der Waals surface area contributed by atoms with Crippen molar-refractivity contribution in [3.63, 3.8) is 0 Å². The lowest BCUT2D eigenvalue weighted by Gasteiger charge is -2.01. The summed E-state index contributed by atoms with van der Waals surface area (Å²) in [6.45, 7) is 3.98. The summed E-state index contributed by atoms with van der Waals surface area (Å²) in [7, 11) is 0. The SMILES string of the molecule is CCOCCCn1cc(N)c(C(N)=O)n1. The Labute approximate surface area is 88.2 Å². The molecule has 0 bridgehead atoms.